The first-order valence-electron chi connectivity index (χ1n) is 8.70. The van der Waals surface area contributed by atoms with Crippen LogP contribution in [0, 0.1) is 5.92 Å². The summed E-state index contributed by atoms with van der Waals surface area (Å²) < 4.78 is 42.1. The lowest BCUT2D eigenvalue weighted by atomic mass is 10.1. The van der Waals surface area contributed by atoms with Gasteiger partial charge >= 0.3 is 6.18 Å². The van der Waals surface area contributed by atoms with E-state index in [0.717, 1.165) is 4.47 Å². The fraction of sp³-hybridized carbons (Fsp3) is 0.316. The number of nitrogens with zero attached hydrogens (tertiary/aromatic N) is 2. The summed E-state index contributed by atoms with van der Waals surface area (Å²) in [6.45, 7) is -1.10. The maximum Gasteiger partial charge on any atom is 0.422 e. The third-order valence-corrected chi connectivity index (χ3v) is 4.96. The minimum Gasteiger partial charge on any atom is -0.468 e. The summed E-state index contributed by atoms with van der Waals surface area (Å²) in [5.74, 6) is -1.14. The van der Waals surface area contributed by atoms with Gasteiger partial charge in [-0.3, -0.25) is 9.59 Å². The molecule has 1 unspecified atom stereocenters. The number of halogens is 4. The lowest BCUT2D eigenvalue weighted by molar-refractivity contribution is -0.154. The highest BCUT2D eigenvalue weighted by Crippen LogP contribution is 2.31. The van der Waals surface area contributed by atoms with Crippen LogP contribution in [0.4, 0.5) is 18.9 Å². The van der Waals surface area contributed by atoms with Crippen molar-refractivity contribution in [2.45, 2.75) is 19.1 Å². The van der Waals surface area contributed by atoms with Crippen LogP contribution in [0.2, 0.25) is 0 Å². The van der Waals surface area contributed by atoms with E-state index in [2.05, 4.69) is 31.0 Å². The molecule has 3 rings (SSSR count). The predicted molar refractivity (Wildman–Crippen MR) is 102 cm³/mol. The molecule has 2 amide bonds. The Kier molecular flexibility index (Phi) is 6.41. The molecule has 0 radical (unpaired) electrons. The zero-order chi connectivity index (χ0) is 21.0. The number of pyridine rings is 1. The summed E-state index contributed by atoms with van der Waals surface area (Å²) in [5, 5.41) is 2.71. The van der Waals surface area contributed by atoms with Crippen molar-refractivity contribution in [1.29, 1.82) is 0 Å². The lowest BCUT2D eigenvalue weighted by Gasteiger charge is -2.18. The van der Waals surface area contributed by atoms with Crippen molar-refractivity contribution in [2.24, 2.45) is 5.92 Å². The van der Waals surface area contributed by atoms with E-state index in [1.54, 1.807) is 17.0 Å². The molecule has 0 spiro atoms. The first-order valence-corrected chi connectivity index (χ1v) is 9.49. The number of hydrogen-bond donors (Lipinski definition) is 1. The standard InChI is InChI=1S/C19H17BrF3N3O3/c20-14-3-1-2-4-15(14)26-10-13(8-17(26)27)18(28)25-9-12-5-6-24-16(7-12)29-11-19(21,22)23/h1-7,13H,8-11H2,(H,25,28). The van der Waals surface area contributed by atoms with Crippen LogP contribution in [0.25, 0.3) is 0 Å². The van der Waals surface area contributed by atoms with Crippen LogP contribution in [0.1, 0.15) is 12.0 Å². The fourth-order valence-electron chi connectivity index (χ4n) is 2.92. The van der Waals surface area contributed by atoms with Crippen molar-refractivity contribution in [2.75, 3.05) is 18.1 Å². The van der Waals surface area contributed by atoms with Crippen LogP contribution in [0.15, 0.2) is 47.1 Å². The average Bonchev–Trinajstić information content (AvgIpc) is 3.06. The summed E-state index contributed by atoms with van der Waals surface area (Å²) in [5.41, 5.74) is 1.24. The van der Waals surface area contributed by atoms with E-state index in [0.29, 0.717) is 11.3 Å². The van der Waals surface area contributed by atoms with Crippen LogP contribution in [-0.2, 0) is 16.1 Å². The predicted octanol–water partition coefficient (Wildman–Crippen LogP) is 3.45. The van der Waals surface area contributed by atoms with E-state index in [-0.39, 0.29) is 37.2 Å². The van der Waals surface area contributed by atoms with Crippen LogP contribution < -0.4 is 15.0 Å². The molecular weight excluding hydrogens is 455 g/mol. The number of para-hydroxylation sites is 1. The maximum atomic E-state index is 12.5. The summed E-state index contributed by atoms with van der Waals surface area (Å²) in [7, 11) is 0. The number of aromatic nitrogens is 1. The van der Waals surface area contributed by atoms with Gasteiger partial charge in [-0.2, -0.15) is 13.2 Å². The monoisotopic (exact) mass is 471 g/mol. The normalized spacial score (nSPS) is 16.8. The minimum atomic E-state index is -4.46. The maximum absolute atomic E-state index is 12.5. The Balaban J connectivity index is 1.56. The van der Waals surface area contributed by atoms with Gasteiger partial charge in [-0.1, -0.05) is 12.1 Å². The molecule has 0 saturated carbocycles. The van der Waals surface area contributed by atoms with Gasteiger partial charge in [0.1, 0.15) is 0 Å². The zero-order valence-electron chi connectivity index (χ0n) is 15.1. The zero-order valence-corrected chi connectivity index (χ0v) is 16.7. The summed E-state index contributed by atoms with van der Waals surface area (Å²) >= 11 is 3.40. The van der Waals surface area contributed by atoms with E-state index in [1.807, 2.05) is 18.2 Å². The number of ether oxygens (including phenoxy) is 1. The molecule has 1 aromatic carbocycles. The molecule has 10 heteroatoms. The Hall–Kier alpha value is -2.62. The summed E-state index contributed by atoms with van der Waals surface area (Å²) in [4.78, 5) is 30.1. The number of alkyl halides is 3. The highest BCUT2D eigenvalue weighted by molar-refractivity contribution is 9.10. The summed E-state index contributed by atoms with van der Waals surface area (Å²) in [6.07, 6.45) is -3.06. The van der Waals surface area contributed by atoms with Crippen molar-refractivity contribution in [3.05, 3.63) is 52.6 Å². The van der Waals surface area contributed by atoms with Gasteiger partial charge in [-0.15, -0.1) is 0 Å². The second-order valence-electron chi connectivity index (χ2n) is 6.48. The second kappa shape index (κ2) is 8.81. The van der Waals surface area contributed by atoms with E-state index in [1.165, 1.54) is 12.3 Å². The van der Waals surface area contributed by atoms with Gasteiger partial charge in [-0.05, 0) is 39.7 Å². The Morgan fingerprint density at radius 2 is 2.07 bits per heavy atom. The Labute approximate surface area is 173 Å². The van der Waals surface area contributed by atoms with E-state index < -0.39 is 18.7 Å². The Bertz CT molecular complexity index is 908. The largest absolute Gasteiger partial charge is 0.468 e. The molecule has 6 nitrogen and oxygen atoms in total. The molecular formula is C19H17BrF3N3O3. The molecule has 1 atom stereocenters. The topological polar surface area (TPSA) is 71.5 Å². The molecule has 1 aliphatic heterocycles. The number of carbonyl (C=O) groups excluding carboxylic acids is 2. The molecule has 154 valence electrons. The SMILES string of the molecule is O=C(NCc1ccnc(OCC(F)(F)F)c1)C1CC(=O)N(c2ccccc2Br)C1. The van der Waals surface area contributed by atoms with Gasteiger partial charge in [0.2, 0.25) is 17.7 Å². The van der Waals surface area contributed by atoms with Crippen molar-refractivity contribution in [1.82, 2.24) is 10.3 Å². The van der Waals surface area contributed by atoms with Crippen LogP contribution in [0.3, 0.4) is 0 Å². The molecule has 1 fully saturated rings. The second-order valence-corrected chi connectivity index (χ2v) is 7.34. The number of nitrogens with one attached hydrogen (secondary N) is 1. The first-order chi connectivity index (χ1) is 13.7. The third-order valence-electron chi connectivity index (χ3n) is 4.29. The smallest absolute Gasteiger partial charge is 0.422 e. The molecule has 2 aromatic rings. The van der Waals surface area contributed by atoms with Crippen molar-refractivity contribution in [3.8, 4) is 5.88 Å². The third kappa shape index (κ3) is 5.69. The number of carbonyl (C=O) groups is 2. The number of amides is 2. The molecule has 1 aliphatic rings. The van der Waals surface area contributed by atoms with Gasteiger partial charge in [0.05, 0.1) is 11.6 Å². The van der Waals surface area contributed by atoms with Crippen LogP contribution in [-0.4, -0.2) is 36.1 Å². The highest BCUT2D eigenvalue weighted by atomic mass is 79.9. The molecule has 0 aliphatic carbocycles. The van der Waals surface area contributed by atoms with Gasteiger partial charge in [0, 0.05) is 36.2 Å². The van der Waals surface area contributed by atoms with Crippen LogP contribution >= 0.6 is 15.9 Å². The minimum absolute atomic E-state index is 0.0868. The average molecular weight is 472 g/mol. The van der Waals surface area contributed by atoms with Gasteiger partial charge in [0.25, 0.3) is 0 Å². The van der Waals surface area contributed by atoms with E-state index >= 15 is 0 Å². The molecule has 29 heavy (non-hydrogen) atoms. The van der Waals surface area contributed by atoms with Crippen molar-refractivity contribution < 1.29 is 27.5 Å². The molecule has 1 saturated heterocycles. The highest BCUT2D eigenvalue weighted by Gasteiger charge is 2.35. The number of benzene rings is 1. The summed E-state index contributed by atoms with van der Waals surface area (Å²) in [6, 6.07) is 10.1. The number of rotatable bonds is 6. The van der Waals surface area contributed by atoms with Gasteiger partial charge < -0.3 is 15.0 Å². The number of hydrogen-bond acceptors (Lipinski definition) is 4. The fourth-order valence-corrected chi connectivity index (χ4v) is 3.41. The van der Waals surface area contributed by atoms with Crippen molar-refractivity contribution in [3.63, 3.8) is 0 Å². The van der Waals surface area contributed by atoms with Crippen LogP contribution in [0.5, 0.6) is 5.88 Å². The first kappa shape index (κ1) is 21.1. The molecule has 0 bridgehead atoms. The molecule has 1 N–H and O–H groups in total. The molecule has 1 aromatic heterocycles. The lowest BCUT2D eigenvalue weighted by Crippen LogP contribution is -2.32. The van der Waals surface area contributed by atoms with E-state index in [9.17, 15) is 22.8 Å². The number of anilines is 1. The quantitative estimate of drug-likeness (QED) is 0.700. The van der Waals surface area contributed by atoms with Gasteiger partial charge in [0.15, 0.2) is 6.61 Å². The van der Waals surface area contributed by atoms with Gasteiger partial charge in [-0.25, -0.2) is 4.98 Å². The molecule has 2 heterocycles. The Morgan fingerprint density at radius 1 is 1.31 bits per heavy atom. The Morgan fingerprint density at radius 3 is 2.79 bits per heavy atom. The van der Waals surface area contributed by atoms with E-state index in [4.69, 9.17) is 0 Å². The van der Waals surface area contributed by atoms with Crippen molar-refractivity contribution >= 4 is 33.4 Å².